The number of nitrogens with one attached hydrogen (secondary N) is 1. The van der Waals surface area contributed by atoms with E-state index in [2.05, 4.69) is 30.6 Å². The predicted molar refractivity (Wildman–Crippen MR) is 60.6 cm³/mol. The fraction of sp³-hybridized carbons (Fsp3) is 0.545. The summed E-state index contributed by atoms with van der Waals surface area (Å²) in [5.74, 6) is 0.984. The molecule has 78 valence electrons. The van der Waals surface area contributed by atoms with Crippen molar-refractivity contribution in [2.75, 3.05) is 7.05 Å². The summed E-state index contributed by atoms with van der Waals surface area (Å²) in [7, 11) is 1.69. The summed E-state index contributed by atoms with van der Waals surface area (Å²) >= 11 is 1.73. The SMILES string of the molecule is CNC(=O)CC(c1cccs1)C(C)C. The molecule has 0 fully saturated rings. The Kier molecular flexibility index (Phi) is 4.14. The number of carbonyl (C=O) groups is 1. The van der Waals surface area contributed by atoms with Gasteiger partial charge >= 0.3 is 0 Å². The van der Waals surface area contributed by atoms with Crippen molar-refractivity contribution in [3.05, 3.63) is 22.4 Å². The van der Waals surface area contributed by atoms with E-state index in [9.17, 15) is 4.79 Å². The summed E-state index contributed by atoms with van der Waals surface area (Å²) in [5.41, 5.74) is 0. The predicted octanol–water partition coefficient (Wildman–Crippen LogP) is 2.62. The van der Waals surface area contributed by atoms with Gasteiger partial charge in [-0.2, -0.15) is 0 Å². The Hall–Kier alpha value is -0.830. The first-order valence-corrected chi connectivity index (χ1v) is 5.77. The quantitative estimate of drug-likeness (QED) is 0.815. The number of carbonyl (C=O) groups excluding carboxylic acids is 1. The lowest BCUT2D eigenvalue weighted by molar-refractivity contribution is -0.121. The van der Waals surface area contributed by atoms with Gasteiger partial charge in [0.25, 0.3) is 0 Å². The lowest BCUT2D eigenvalue weighted by Crippen LogP contribution is -2.22. The summed E-state index contributed by atoms with van der Waals surface area (Å²) < 4.78 is 0. The van der Waals surface area contributed by atoms with Gasteiger partial charge in [-0.05, 0) is 17.4 Å². The molecule has 0 aliphatic heterocycles. The third-order valence-electron chi connectivity index (χ3n) is 2.40. The number of hydrogen-bond donors (Lipinski definition) is 1. The maximum absolute atomic E-state index is 11.3. The Balaban J connectivity index is 2.70. The van der Waals surface area contributed by atoms with Crippen molar-refractivity contribution in [1.82, 2.24) is 5.32 Å². The average Bonchev–Trinajstić information content (AvgIpc) is 2.65. The van der Waals surface area contributed by atoms with Crippen LogP contribution >= 0.6 is 11.3 Å². The lowest BCUT2D eigenvalue weighted by Gasteiger charge is -2.18. The monoisotopic (exact) mass is 211 g/mol. The molecular weight excluding hydrogens is 194 g/mol. The molecule has 0 spiro atoms. The first-order valence-electron chi connectivity index (χ1n) is 4.89. The fourth-order valence-electron chi connectivity index (χ4n) is 1.47. The molecule has 2 nitrogen and oxygen atoms in total. The molecule has 1 N–H and O–H groups in total. The molecule has 14 heavy (non-hydrogen) atoms. The van der Waals surface area contributed by atoms with Gasteiger partial charge in [-0.15, -0.1) is 11.3 Å². The van der Waals surface area contributed by atoms with E-state index >= 15 is 0 Å². The molecule has 0 saturated heterocycles. The van der Waals surface area contributed by atoms with E-state index < -0.39 is 0 Å². The van der Waals surface area contributed by atoms with Crippen LogP contribution < -0.4 is 5.32 Å². The highest BCUT2D eigenvalue weighted by Crippen LogP contribution is 2.30. The van der Waals surface area contributed by atoms with E-state index in [0.717, 1.165) is 0 Å². The maximum atomic E-state index is 11.3. The third-order valence-corrected chi connectivity index (χ3v) is 3.40. The van der Waals surface area contributed by atoms with Crippen LogP contribution in [-0.2, 0) is 4.79 Å². The standard InChI is InChI=1S/C11H17NOS/c1-8(2)9(7-11(13)12-3)10-5-4-6-14-10/h4-6,8-9H,7H2,1-3H3,(H,12,13). The number of rotatable bonds is 4. The molecule has 1 rings (SSSR count). The van der Waals surface area contributed by atoms with Crippen LogP contribution in [0.3, 0.4) is 0 Å². The largest absolute Gasteiger partial charge is 0.359 e. The minimum absolute atomic E-state index is 0.122. The van der Waals surface area contributed by atoms with Crippen molar-refractivity contribution in [3.8, 4) is 0 Å². The second kappa shape index (κ2) is 5.15. The van der Waals surface area contributed by atoms with Crippen molar-refractivity contribution in [1.29, 1.82) is 0 Å². The topological polar surface area (TPSA) is 29.1 Å². The Morgan fingerprint density at radius 3 is 2.71 bits per heavy atom. The number of thiophene rings is 1. The van der Waals surface area contributed by atoms with Gasteiger partial charge in [0.1, 0.15) is 0 Å². The molecular formula is C11H17NOS. The van der Waals surface area contributed by atoms with Crippen molar-refractivity contribution in [3.63, 3.8) is 0 Å². The second-order valence-corrected chi connectivity index (χ2v) is 4.72. The maximum Gasteiger partial charge on any atom is 0.220 e. The van der Waals surface area contributed by atoms with Gasteiger partial charge in [-0.25, -0.2) is 0 Å². The first kappa shape index (κ1) is 11.2. The van der Waals surface area contributed by atoms with E-state index in [4.69, 9.17) is 0 Å². The second-order valence-electron chi connectivity index (χ2n) is 3.74. The zero-order chi connectivity index (χ0) is 10.6. The Morgan fingerprint density at radius 1 is 1.57 bits per heavy atom. The molecule has 0 aliphatic carbocycles. The summed E-state index contributed by atoms with van der Waals surface area (Å²) in [6, 6.07) is 4.15. The molecule has 1 amide bonds. The fourth-order valence-corrected chi connectivity index (χ4v) is 2.47. The van der Waals surface area contributed by atoms with E-state index in [1.54, 1.807) is 18.4 Å². The van der Waals surface area contributed by atoms with Crippen LogP contribution in [0.2, 0.25) is 0 Å². The molecule has 0 aromatic carbocycles. The summed E-state index contributed by atoms with van der Waals surface area (Å²) in [5, 5.41) is 4.74. The van der Waals surface area contributed by atoms with E-state index in [1.165, 1.54) is 4.88 Å². The molecule has 0 saturated carbocycles. The molecule has 1 aromatic rings. The van der Waals surface area contributed by atoms with Gasteiger partial charge in [-0.3, -0.25) is 4.79 Å². The first-order chi connectivity index (χ1) is 6.65. The van der Waals surface area contributed by atoms with Crippen molar-refractivity contribution < 1.29 is 4.79 Å². The normalized spacial score (nSPS) is 12.9. The van der Waals surface area contributed by atoms with Crippen LogP contribution in [0.5, 0.6) is 0 Å². The highest BCUT2D eigenvalue weighted by molar-refractivity contribution is 7.10. The van der Waals surface area contributed by atoms with Crippen molar-refractivity contribution >= 4 is 17.2 Å². The van der Waals surface area contributed by atoms with Crippen LogP contribution in [0.25, 0.3) is 0 Å². The van der Waals surface area contributed by atoms with Gasteiger partial charge in [0.05, 0.1) is 0 Å². The van der Waals surface area contributed by atoms with Gasteiger partial charge < -0.3 is 5.32 Å². The van der Waals surface area contributed by atoms with Crippen molar-refractivity contribution in [2.24, 2.45) is 5.92 Å². The average molecular weight is 211 g/mol. The molecule has 1 aromatic heterocycles. The zero-order valence-corrected chi connectivity index (χ0v) is 9.73. The Bertz CT molecular complexity index is 279. The van der Waals surface area contributed by atoms with E-state index in [0.29, 0.717) is 18.3 Å². The van der Waals surface area contributed by atoms with Gasteiger partial charge in [0.2, 0.25) is 5.91 Å². The molecule has 1 unspecified atom stereocenters. The Labute approximate surface area is 89.3 Å². The number of hydrogen-bond acceptors (Lipinski definition) is 2. The molecule has 1 atom stereocenters. The van der Waals surface area contributed by atoms with Crippen LogP contribution in [0.4, 0.5) is 0 Å². The minimum Gasteiger partial charge on any atom is -0.359 e. The van der Waals surface area contributed by atoms with Gasteiger partial charge in [0, 0.05) is 24.3 Å². The molecule has 3 heteroatoms. The van der Waals surface area contributed by atoms with Crippen LogP contribution in [-0.4, -0.2) is 13.0 Å². The smallest absolute Gasteiger partial charge is 0.220 e. The van der Waals surface area contributed by atoms with Crippen molar-refractivity contribution in [2.45, 2.75) is 26.2 Å². The molecule has 1 heterocycles. The molecule has 0 aliphatic rings. The van der Waals surface area contributed by atoms with E-state index in [1.807, 2.05) is 6.07 Å². The lowest BCUT2D eigenvalue weighted by atomic mass is 9.91. The van der Waals surface area contributed by atoms with Crippen LogP contribution in [0.1, 0.15) is 31.1 Å². The third kappa shape index (κ3) is 2.84. The minimum atomic E-state index is 0.122. The van der Waals surface area contributed by atoms with E-state index in [-0.39, 0.29) is 5.91 Å². The highest BCUT2D eigenvalue weighted by Gasteiger charge is 2.19. The highest BCUT2D eigenvalue weighted by atomic mass is 32.1. The van der Waals surface area contributed by atoms with Gasteiger partial charge in [0.15, 0.2) is 0 Å². The Morgan fingerprint density at radius 2 is 2.29 bits per heavy atom. The molecule has 0 bridgehead atoms. The zero-order valence-electron chi connectivity index (χ0n) is 8.91. The van der Waals surface area contributed by atoms with Crippen LogP contribution in [0, 0.1) is 5.92 Å². The summed E-state index contributed by atoms with van der Waals surface area (Å²) in [6.45, 7) is 4.32. The summed E-state index contributed by atoms with van der Waals surface area (Å²) in [4.78, 5) is 12.6. The van der Waals surface area contributed by atoms with Crippen LogP contribution in [0.15, 0.2) is 17.5 Å². The van der Waals surface area contributed by atoms with Gasteiger partial charge in [-0.1, -0.05) is 19.9 Å². The summed E-state index contributed by atoms with van der Waals surface area (Å²) in [6.07, 6.45) is 0.592. The molecule has 0 radical (unpaired) electrons. The number of amides is 1.